The Hall–Kier alpha value is -0.900. The number of sulfonamides is 1. The van der Waals surface area contributed by atoms with Gasteiger partial charge in [0.25, 0.3) is 10.0 Å². The molecule has 0 radical (unpaired) electrons. The molecule has 2 aromatic carbocycles. The summed E-state index contributed by atoms with van der Waals surface area (Å²) < 4.78 is 28.1. The monoisotopic (exact) mass is 452 g/mol. The first-order chi connectivity index (χ1) is 9.81. The van der Waals surface area contributed by atoms with E-state index in [4.69, 9.17) is 29.6 Å². The Morgan fingerprint density at radius 2 is 1.90 bits per heavy atom. The quantitative estimate of drug-likeness (QED) is 0.551. The zero-order valence-electron chi connectivity index (χ0n) is 10.5. The fraction of sp³-hybridized carbons (Fsp3) is 0. The van der Waals surface area contributed by atoms with Crippen LogP contribution in [-0.2, 0) is 10.0 Å². The molecule has 0 amide bonds. The normalized spacial score (nSPS) is 11.1. The van der Waals surface area contributed by atoms with Gasteiger partial charge in [0, 0.05) is 9.13 Å². The lowest BCUT2D eigenvalue weighted by atomic mass is 10.2. The third-order valence-electron chi connectivity index (χ3n) is 2.62. The van der Waals surface area contributed by atoms with E-state index in [0.29, 0.717) is 11.3 Å². The van der Waals surface area contributed by atoms with Crippen LogP contribution in [0.25, 0.3) is 0 Å². The first kappa shape index (κ1) is 16.5. The molecule has 2 aromatic rings. The molecule has 8 heteroatoms. The summed E-state index contributed by atoms with van der Waals surface area (Å²) in [5.74, 6) is 0. The van der Waals surface area contributed by atoms with Gasteiger partial charge in [-0.25, -0.2) is 8.42 Å². The van der Waals surface area contributed by atoms with Gasteiger partial charge in [-0.15, -0.1) is 0 Å². The molecule has 21 heavy (non-hydrogen) atoms. The van der Waals surface area contributed by atoms with Crippen molar-refractivity contribution in [1.82, 2.24) is 0 Å². The van der Waals surface area contributed by atoms with Gasteiger partial charge in [0.05, 0.1) is 10.7 Å². The molecule has 0 fully saturated rings. The van der Waals surface area contributed by atoms with Crippen LogP contribution in [-0.4, -0.2) is 13.4 Å². The molecule has 0 bridgehead atoms. The number of para-hydroxylation sites is 1. The van der Waals surface area contributed by atoms with Crippen LogP contribution in [0.2, 0.25) is 5.02 Å². The van der Waals surface area contributed by atoms with Gasteiger partial charge in [0.15, 0.2) is 0 Å². The highest BCUT2D eigenvalue weighted by Crippen LogP contribution is 2.26. The minimum atomic E-state index is -3.78. The second-order valence-electron chi connectivity index (χ2n) is 4.09. The number of benzene rings is 2. The SMILES string of the molecule is NC(=S)c1ccc(S(=O)(=O)Nc2ccccc2I)c(Cl)c1. The zero-order chi connectivity index (χ0) is 15.6. The van der Waals surface area contributed by atoms with Crippen molar-refractivity contribution in [2.45, 2.75) is 4.90 Å². The van der Waals surface area contributed by atoms with Crippen LogP contribution in [0.3, 0.4) is 0 Å². The van der Waals surface area contributed by atoms with Gasteiger partial charge in [-0.2, -0.15) is 0 Å². The van der Waals surface area contributed by atoms with Crippen molar-refractivity contribution in [1.29, 1.82) is 0 Å². The summed E-state index contributed by atoms with van der Waals surface area (Å²) in [5.41, 5.74) is 6.50. The molecule has 2 rings (SSSR count). The summed E-state index contributed by atoms with van der Waals surface area (Å²) in [6, 6.07) is 11.4. The van der Waals surface area contributed by atoms with Crippen molar-refractivity contribution in [3.8, 4) is 0 Å². The molecule has 3 N–H and O–H groups in total. The maximum absolute atomic E-state index is 12.4. The highest BCUT2D eigenvalue weighted by atomic mass is 127. The van der Waals surface area contributed by atoms with Gasteiger partial charge in [-0.1, -0.05) is 42.0 Å². The number of nitrogens with two attached hydrogens (primary N) is 1. The summed E-state index contributed by atoms with van der Waals surface area (Å²) in [6.07, 6.45) is 0. The van der Waals surface area contributed by atoms with Crippen LogP contribution in [0.15, 0.2) is 47.4 Å². The van der Waals surface area contributed by atoms with Crippen LogP contribution < -0.4 is 10.5 Å². The molecule has 0 aliphatic heterocycles. The maximum Gasteiger partial charge on any atom is 0.263 e. The molecule has 0 atom stereocenters. The van der Waals surface area contributed by atoms with Gasteiger partial charge in [-0.05, 0) is 46.9 Å². The van der Waals surface area contributed by atoms with Crippen LogP contribution >= 0.6 is 46.4 Å². The van der Waals surface area contributed by atoms with Gasteiger partial charge in [0.1, 0.15) is 9.88 Å². The van der Waals surface area contributed by atoms with Crippen molar-refractivity contribution in [3.63, 3.8) is 0 Å². The molecule has 0 aromatic heterocycles. The molecule has 0 aliphatic carbocycles. The van der Waals surface area contributed by atoms with Crippen molar-refractivity contribution >= 4 is 67.1 Å². The van der Waals surface area contributed by atoms with E-state index in [1.54, 1.807) is 18.2 Å². The van der Waals surface area contributed by atoms with E-state index >= 15 is 0 Å². The van der Waals surface area contributed by atoms with Crippen molar-refractivity contribution in [3.05, 3.63) is 56.6 Å². The Balaban J connectivity index is 2.41. The maximum atomic E-state index is 12.4. The Bertz CT molecular complexity index is 810. The molecule has 0 spiro atoms. The Labute approximate surface area is 146 Å². The van der Waals surface area contributed by atoms with Gasteiger partial charge >= 0.3 is 0 Å². The minimum absolute atomic E-state index is 0.0242. The van der Waals surface area contributed by atoms with E-state index in [1.807, 2.05) is 28.7 Å². The molecule has 0 unspecified atom stereocenters. The predicted octanol–water partition coefficient (Wildman–Crippen LogP) is 3.38. The number of thiocarbonyl (C=S) groups is 1. The first-order valence-corrected chi connectivity index (χ1v) is 9.03. The third kappa shape index (κ3) is 3.85. The topological polar surface area (TPSA) is 72.2 Å². The molecule has 0 aliphatic rings. The predicted molar refractivity (Wildman–Crippen MR) is 97.3 cm³/mol. The number of nitrogens with one attached hydrogen (secondary N) is 1. The fourth-order valence-electron chi connectivity index (χ4n) is 1.62. The lowest BCUT2D eigenvalue weighted by Crippen LogP contribution is -2.15. The summed E-state index contributed by atoms with van der Waals surface area (Å²) in [6.45, 7) is 0. The number of hydrogen-bond donors (Lipinski definition) is 2. The standard InChI is InChI=1S/C13H10ClIN2O2S2/c14-9-7-8(13(16)20)5-6-12(9)21(18,19)17-11-4-2-1-3-10(11)15/h1-7,17H,(H2,16,20). The third-order valence-corrected chi connectivity index (χ3v) is 5.65. The van der Waals surface area contributed by atoms with Crippen molar-refractivity contribution in [2.75, 3.05) is 4.72 Å². The van der Waals surface area contributed by atoms with E-state index in [1.165, 1.54) is 18.2 Å². The molecule has 0 saturated carbocycles. The molecule has 110 valence electrons. The number of rotatable bonds is 4. The van der Waals surface area contributed by atoms with Crippen LogP contribution in [0, 0.1) is 3.57 Å². The molecular weight excluding hydrogens is 443 g/mol. The first-order valence-electron chi connectivity index (χ1n) is 5.68. The molecule has 4 nitrogen and oxygen atoms in total. The van der Waals surface area contributed by atoms with Crippen LogP contribution in [0.4, 0.5) is 5.69 Å². The second kappa shape index (κ2) is 6.47. The number of halogens is 2. The second-order valence-corrected chi connectivity index (χ2v) is 7.75. The average Bonchev–Trinajstić information content (AvgIpc) is 2.40. The Morgan fingerprint density at radius 1 is 1.24 bits per heavy atom. The Kier molecular flexibility index (Phi) is 5.07. The smallest absolute Gasteiger partial charge is 0.263 e. The van der Waals surface area contributed by atoms with E-state index in [-0.39, 0.29) is 14.9 Å². The van der Waals surface area contributed by atoms with E-state index in [0.717, 1.165) is 3.57 Å². The van der Waals surface area contributed by atoms with E-state index in [9.17, 15) is 8.42 Å². The largest absolute Gasteiger partial charge is 0.389 e. The summed E-state index contributed by atoms with van der Waals surface area (Å²) in [5, 5.41) is 0.0683. The van der Waals surface area contributed by atoms with Crippen LogP contribution in [0.1, 0.15) is 5.56 Å². The zero-order valence-corrected chi connectivity index (χ0v) is 15.1. The van der Waals surface area contributed by atoms with Crippen molar-refractivity contribution in [2.24, 2.45) is 5.73 Å². The average molecular weight is 453 g/mol. The molecular formula is C13H10ClIN2O2S2. The minimum Gasteiger partial charge on any atom is -0.389 e. The Morgan fingerprint density at radius 3 is 2.48 bits per heavy atom. The highest BCUT2D eigenvalue weighted by molar-refractivity contribution is 14.1. The van der Waals surface area contributed by atoms with Gasteiger partial charge in [0.2, 0.25) is 0 Å². The van der Waals surface area contributed by atoms with Crippen LogP contribution in [0.5, 0.6) is 0 Å². The number of hydrogen-bond acceptors (Lipinski definition) is 3. The van der Waals surface area contributed by atoms with Gasteiger partial charge < -0.3 is 5.73 Å². The lowest BCUT2D eigenvalue weighted by Gasteiger charge is -2.11. The van der Waals surface area contributed by atoms with E-state index < -0.39 is 10.0 Å². The summed E-state index contributed by atoms with van der Waals surface area (Å²) in [7, 11) is -3.78. The fourth-order valence-corrected chi connectivity index (χ4v) is 4.07. The summed E-state index contributed by atoms with van der Waals surface area (Å²) >= 11 is 12.9. The number of anilines is 1. The molecule has 0 heterocycles. The van der Waals surface area contributed by atoms with Crippen molar-refractivity contribution < 1.29 is 8.42 Å². The highest BCUT2D eigenvalue weighted by Gasteiger charge is 2.19. The lowest BCUT2D eigenvalue weighted by molar-refractivity contribution is 0.601. The van der Waals surface area contributed by atoms with Gasteiger partial charge in [-0.3, -0.25) is 4.72 Å². The molecule has 0 saturated heterocycles. The van der Waals surface area contributed by atoms with E-state index in [2.05, 4.69) is 4.72 Å². The summed E-state index contributed by atoms with van der Waals surface area (Å²) in [4.78, 5) is 0.134.